The summed E-state index contributed by atoms with van der Waals surface area (Å²) in [5.41, 5.74) is 7.54. The van der Waals surface area contributed by atoms with Crippen LogP contribution in [-0.4, -0.2) is 18.5 Å². The fourth-order valence-electron chi connectivity index (χ4n) is 1.69. The van der Waals surface area contributed by atoms with Crippen LogP contribution in [0.2, 0.25) is 5.02 Å². The molecule has 90 valence electrons. The third-order valence-corrected chi connectivity index (χ3v) is 2.99. The number of anilines is 1. The van der Waals surface area contributed by atoms with Gasteiger partial charge in [-0.25, -0.2) is 0 Å². The molecule has 0 aliphatic rings. The Morgan fingerprint density at radius 3 is 2.69 bits per heavy atom. The van der Waals surface area contributed by atoms with Gasteiger partial charge >= 0.3 is 0 Å². The van der Waals surface area contributed by atoms with Crippen LogP contribution in [0.3, 0.4) is 0 Å². The number of benzene rings is 1. The highest BCUT2D eigenvalue weighted by Crippen LogP contribution is 2.20. The van der Waals surface area contributed by atoms with Crippen molar-refractivity contribution in [1.82, 2.24) is 4.90 Å². The van der Waals surface area contributed by atoms with Crippen LogP contribution in [0.1, 0.15) is 31.7 Å². The van der Waals surface area contributed by atoms with Gasteiger partial charge in [-0.2, -0.15) is 0 Å². The average molecular weight is 241 g/mol. The molecule has 2 nitrogen and oxygen atoms in total. The fraction of sp³-hybridized carbons (Fsp3) is 0.538. The van der Waals surface area contributed by atoms with Crippen molar-refractivity contribution in [2.45, 2.75) is 32.7 Å². The van der Waals surface area contributed by atoms with Gasteiger partial charge in [0, 0.05) is 6.54 Å². The number of hydrogen-bond acceptors (Lipinski definition) is 2. The Labute approximate surface area is 103 Å². The van der Waals surface area contributed by atoms with Gasteiger partial charge in [0.15, 0.2) is 0 Å². The van der Waals surface area contributed by atoms with Crippen molar-refractivity contribution < 1.29 is 0 Å². The first-order valence-electron chi connectivity index (χ1n) is 5.86. The molecule has 1 rings (SSSR count). The normalized spacial score (nSPS) is 11.0. The molecule has 0 radical (unpaired) electrons. The van der Waals surface area contributed by atoms with Crippen molar-refractivity contribution in [3.05, 3.63) is 28.8 Å². The van der Waals surface area contributed by atoms with E-state index in [0.29, 0.717) is 10.7 Å². The third kappa shape index (κ3) is 4.42. The fourth-order valence-corrected chi connectivity index (χ4v) is 1.89. The molecule has 0 aliphatic heterocycles. The van der Waals surface area contributed by atoms with E-state index in [1.165, 1.54) is 24.8 Å². The zero-order valence-corrected chi connectivity index (χ0v) is 10.9. The Balaban J connectivity index is 2.43. The van der Waals surface area contributed by atoms with E-state index in [2.05, 4.69) is 18.9 Å². The van der Waals surface area contributed by atoms with Gasteiger partial charge in [-0.05, 0) is 37.7 Å². The summed E-state index contributed by atoms with van der Waals surface area (Å²) in [5, 5.41) is 0.652. The first kappa shape index (κ1) is 13.3. The van der Waals surface area contributed by atoms with Crippen LogP contribution in [-0.2, 0) is 6.54 Å². The first-order chi connectivity index (χ1) is 7.63. The molecule has 0 heterocycles. The van der Waals surface area contributed by atoms with Gasteiger partial charge < -0.3 is 10.6 Å². The molecule has 0 saturated carbocycles. The van der Waals surface area contributed by atoms with Crippen LogP contribution >= 0.6 is 11.6 Å². The van der Waals surface area contributed by atoms with Gasteiger partial charge in [0.2, 0.25) is 0 Å². The molecular weight excluding hydrogens is 220 g/mol. The minimum atomic E-state index is 0.652. The third-order valence-electron chi connectivity index (χ3n) is 2.66. The van der Waals surface area contributed by atoms with Crippen molar-refractivity contribution in [1.29, 1.82) is 0 Å². The maximum absolute atomic E-state index is 5.98. The van der Waals surface area contributed by atoms with Gasteiger partial charge in [0.05, 0.1) is 10.7 Å². The second kappa shape index (κ2) is 6.77. The van der Waals surface area contributed by atoms with Crippen LogP contribution < -0.4 is 5.73 Å². The SMILES string of the molecule is CCCCCN(C)Cc1ccc(N)c(Cl)c1. The lowest BCUT2D eigenvalue weighted by Gasteiger charge is -2.16. The topological polar surface area (TPSA) is 29.3 Å². The van der Waals surface area contributed by atoms with Crippen LogP contribution in [0.25, 0.3) is 0 Å². The number of hydrogen-bond donors (Lipinski definition) is 1. The zero-order chi connectivity index (χ0) is 12.0. The van der Waals surface area contributed by atoms with Crippen LogP contribution in [0.5, 0.6) is 0 Å². The van der Waals surface area contributed by atoms with Gasteiger partial charge in [-0.1, -0.05) is 37.4 Å². The number of nitrogen functional groups attached to an aromatic ring is 1. The molecule has 0 aliphatic carbocycles. The summed E-state index contributed by atoms with van der Waals surface area (Å²) in [4.78, 5) is 2.32. The lowest BCUT2D eigenvalue weighted by atomic mass is 10.2. The van der Waals surface area contributed by atoms with Crippen molar-refractivity contribution in [2.75, 3.05) is 19.3 Å². The minimum Gasteiger partial charge on any atom is -0.398 e. The molecule has 0 aromatic heterocycles. The second-order valence-corrected chi connectivity index (χ2v) is 4.71. The first-order valence-corrected chi connectivity index (χ1v) is 6.23. The molecule has 16 heavy (non-hydrogen) atoms. The van der Waals surface area contributed by atoms with Crippen LogP contribution in [0.4, 0.5) is 5.69 Å². The zero-order valence-electron chi connectivity index (χ0n) is 10.2. The molecule has 1 aromatic carbocycles. The minimum absolute atomic E-state index is 0.652. The number of unbranched alkanes of at least 4 members (excludes halogenated alkanes) is 2. The molecule has 1 aromatic rings. The summed E-state index contributed by atoms with van der Waals surface area (Å²) >= 11 is 5.98. The highest BCUT2D eigenvalue weighted by Gasteiger charge is 2.02. The summed E-state index contributed by atoms with van der Waals surface area (Å²) in [5.74, 6) is 0. The molecule has 3 heteroatoms. The lowest BCUT2D eigenvalue weighted by molar-refractivity contribution is 0.318. The maximum atomic E-state index is 5.98. The average Bonchev–Trinajstić information content (AvgIpc) is 2.24. The lowest BCUT2D eigenvalue weighted by Crippen LogP contribution is -2.19. The quantitative estimate of drug-likeness (QED) is 0.609. The second-order valence-electron chi connectivity index (χ2n) is 4.30. The Bertz CT molecular complexity index is 326. The summed E-state index contributed by atoms with van der Waals surface area (Å²) in [6, 6.07) is 5.86. The summed E-state index contributed by atoms with van der Waals surface area (Å²) < 4.78 is 0. The molecule has 0 bridgehead atoms. The van der Waals surface area contributed by atoms with E-state index in [-0.39, 0.29) is 0 Å². The number of halogens is 1. The molecule has 0 fully saturated rings. The Hall–Kier alpha value is -0.730. The summed E-state index contributed by atoms with van der Waals surface area (Å²) in [7, 11) is 2.14. The summed E-state index contributed by atoms with van der Waals surface area (Å²) in [6.45, 7) is 4.29. The number of nitrogens with zero attached hydrogens (tertiary/aromatic N) is 1. The van der Waals surface area contributed by atoms with Gasteiger partial charge in [0.25, 0.3) is 0 Å². The van der Waals surface area contributed by atoms with E-state index in [1.807, 2.05) is 18.2 Å². The Morgan fingerprint density at radius 1 is 1.31 bits per heavy atom. The Kier molecular flexibility index (Phi) is 5.64. The predicted molar refractivity (Wildman–Crippen MR) is 71.7 cm³/mol. The smallest absolute Gasteiger partial charge is 0.0638 e. The van der Waals surface area contributed by atoms with Gasteiger partial charge in [-0.3, -0.25) is 0 Å². The number of nitrogens with two attached hydrogens (primary N) is 1. The molecule has 0 amide bonds. The van der Waals surface area contributed by atoms with Crippen molar-refractivity contribution >= 4 is 17.3 Å². The van der Waals surface area contributed by atoms with E-state index < -0.39 is 0 Å². The van der Waals surface area contributed by atoms with E-state index in [1.54, 1.807) is 0 Å². The largest absolute Gasteiger partial charge is 0.398 e. The molecule has 0 saturated heterocycles. The van der Waals surface area contributed by atoms with Gasteiger partial charge in [-0.15, -0.1) is 0 Å². The molecule has 0 atom stereocenters. The Morgan fingerprint density at radius 2 is 2.06 bits per heavy atom. The summed E-state index contributed by atoms with van der Waals surface area (Å²) in [6.07, 6.45) is 3.82. The molecule has 0 unspecified atom stereocenters. The molecular formula is C13H21ClN2. The molecule has 0 spiro atoms. The van der Waals surface area contributed by atoms with E-state index in [9.17, 15) is 0 Å². The van der Waals surface area contributed by atoms with Gasteiger partial charge in [0.1, 0.15) is 0 Å². The van der Waals surface area contributed by atoms with Crippen molar-refractivity contribution in [2.24, 2.45) is 0 Å². The highest BCUT2D eigenvalue weighted by molar-refractivity contribution is 6.33. The monoisotopic (exact) mass is 240 g/mol. The van der Waals surface area contributed by atoms with Crippen LogP contribution in [0.15, 0.2) is 18.2 Å². The maximum Gasteiger partial charge on any atom is 0.0638 e. The molecule has 2 N–H and O–H groups in total. The van der Waals surface area contributed by atoms with Crippen molar-refractivity contribution in [3.63, 3.8) is 0 Å². The van der Waals surface area contributed by atoms with E-state index in [4.69, 9.17) is 17.3 Å². The van der Waals surface area contributed by atoms with Crippen LogP contribution in [0, 0.1) is 0 Å². The highest BCUT2D eigenvalue weighted by atomic mass is 35.5. The van der Waals surface area contributed by atoms with E-state index in [0.717, 1.165) is 13.1 Å². The standard InChI is InChI=1S/C13H21ClN2/c1-3-4-5-8-16(2)10-11-6-7-13(15)12(14)9-11/h6-7,9H,3-5,8,10,15H2,1-2H3. The number of rotatable bonds is 6. The van der Waals surface area contributed by atoms with E-state index >= 15 is 0 Å². The van der Waals surface area contributed by atoms with Crippen molar-refractivity contribution in [3.8, 4) is 0 Å². The predicted octanol–water partition coefficient (Wildman–Crippen LogP) is 3.54.